The summed E-state index contributed by atoms with van der Waals surface area (Å²) in [4.78, 5) is 9.13. The second kappa shape index (κ2) is 3.56. The van der Waals surface area contributed by atoms with E-state index in [-0.39, 0.29) is 5.41 Å². The molecule has 0 spiro atoms. The highest BCUT2D eigenvalue weighted by Gasteiger charge is 2.24. The van der Waals surface area contributed by atoms with Crippen LogP contribution in [0.15, 0.2) is 0 Å². The highest BCUT2D eigenvalue weighted by atomic mass is 15.0. The Morgan fingerprint density at radius 3 is 2.60 bits per heavy atom. The molecule has 0 radical (unpaired) electrons. The van der Waals surface area contributed by atoms with E-state index < -0.39 is 0 Å². The summed E-state index contributed by atoms with van der Waals surface area (Å²) < 4.78 is 0. The third-order valence-electron chi connectivity index (χ3n) is 2.76. The van der Waals surface area contributed by atoms with Crippen molar-refractivity contribution in [2.24, 2.45) is 0 Å². The topological polar surface area (TPSA) is 37.8 Å². The maximum atomic E-state index is 4.62. The van der Waals surface area contributed by atoms with Crippen LogP contribution >= 0.6 is 0 Å². The minimum Gasteiger partial charge on any atom is -0.311 e. The molecule has 3 heteroatoms. The van der Waals surface area contributed by atoms with E-state index in [1.165, 1.54) is 17.0 Å². The quantitative estimate of drug-likeness (QED) is 0.701. The van der Waals surface area contributed by atoms with E-state index in [1.54, 1.807) is 0 Å². The molecule has 0 unspecified atom stereocenters. The molecule has 1 aromatic rings. The van der Waals surface area contributed by atoms with Gasteiger partial charge in [0.25, 0.3) is 0 Å². The summed E-state index contributed by atoms with van der Waals surface area (Å²) in [5.74, 6) is 0.891. The summed E-state index contributed by atoms with van der Waals surface area (Å²) in [6, 6.07) is 0. The fourth-order valence-electron chi connectivity index (χ4n) is 2.10. The first-order chi connectivity index (χ1) is 6.98. The van der Waals surface area contributed by atoms with Crippen LogP contribution in [0, 0.1) is 6.92 Å². The van der Waals surface area contributed by atoms with Crippen molar-refractivity contribution in [1.82, 2.24) is 15.3 Å². The Kier molecular flexibility index (Phi) is 2.51. The van der Waals surface area contributed by atoms with Gasteiger partial charge in [-0.1, -0.05) is 20.8 Å². The SMILES string of the molecule is Cc1nc2c(c(C(C)(C)C)n1)CCNC2. The van der Waals surface area contributed by atoms with Crippen molar-refractivity contribution in [3.05, 3.63) is 22.8 Å². The van der Waals surface area contributed by atoms with Crippen LogP contribution in [0.1, 0.15) is 43.5 Å². The normalized spacial score (nSPS) is 16.3. The van der Waals surface area contributed by atoms with E-state index in [4.69, 9.17) is 0 Å². The maximum Gasteiger partial charge on any atom is 0.125 e. The van der Waals surface area contributed by atoms with Crippen LogP contribution in [0.2, 0.25) is 0 Å². The molecule has 0 amide bonds. The fourth-order valence-corrected chi connectivity index (χ4v) is 2.10. The van der Waals surface area contributed by atoms with Gasteiger partial charge in [0.05, 0.1) is 11.4 Å². The molecule has 0 aromatic carbocycles. The lowest BCUT2D eigenvalue weighted by Crippen LogP contribution is -2.29. The van der Waals surface area contributed by atoms with Gasteiger partial charge in [0, 0.05) is 12.0 Å². The van der Waals surface area contributed by atoms with Crippen LogP contribution in [0.25, 0.3) is 0 Å². The van der Waals surface area contributed by atoms with Crippen molar-refractivity contribution in [3.8, 4) is 0 Å². The molecular formula is C12H19N3. The molecule has 1 N–H and O–H groups in total. The van der Waals surface area contributed by atoms with Crippen LogP contribution in [-0.4, -0.2) is 16.5 Å². The van der Waals surface area contributed by atoms with Gasteiger partial charge in [-0.3, -0.25) is 0 Å². The molecule has 1 aliphatic rings. The Bertz CT molecular complexity index is 377. The lowest BCUT2D eigenvalue weighted by atomic mass is 9.86. The van der Waals surface area contributed by atoms with Crippen molar-refractivity contribution in [2.75, 3.05) is 6.54 Å². The molecule has 0 saturated carbocycles. The largest absolute Gasteiger partial charge is 0.311 e. The summed E-state index contributed by atoms with van der Waals surface area (Å²) in [5.41, 5.74) is 3.91. The number of rotatable bonds is 0. The van der Waals surface area contributed by atoms with Gasteiger partial charge in [-0.25, -0.2) is 9.97 Å². The highest BCUT2D eigenvalue weighted by Crippen LogP contribution is 2.27. The van der Waals surface area contributed by atoms with Gasteiger partial charge in [-0.05, 0) is 25.5 Å². The van der Waals surface area contributed by atoms with E-state index in [0.717, 1.165) is 25.3 Å². The summed E-state index contributed by atoms with van der Waals surface area (Å²) in [6.07, 6.45) is 1.06. The molecule has 0 saturated heterocycles. The van der Waals surface area contributed by atoms with Crippen LogP contribution in [-0.2, 0) is 18.4 Å². The summed E-state index contributed by atoms with van der Waals surface area (Å²) >= 11 is 0. The van der Waals surface area contributed by atoms with Crippen LogP contribution in [0.4, 0.5) is 0 Å². The molecule has 2 heterocycles. The Balaban J connectivity index is 2.58. The zero-order chi connectivity index (χ0) is 11.1. The van der Waals surface area contributed by atoms with Gasteiger partial charge in [0.2, 0.25) is 0 Å². The van der Waals surface area contributed by atoms with Gasteiger partial charge in [-0.15, -0.1) is 0 Å². The molecule has 1 aliphatic heterocycles. The van der Waals surface area contributed by atoms with Crippen molar-refractivity contribution >= 4 is 0 Å². The minimum atomic E-state index is 0.120. The van der Waals surface area contributed by atoms with Crippen LogP contribution in [0.5, 0.6) is 0 Å². The van der Waals surface area contributed by atoms with Crippen molar-refractivity contribution < 1.29 is 0 Å². The molecule has 0 atom stereocenters. The Morgan fingerprint density at radius 2 is 1.93 bits per heavy atom. The van der Waals surface area contributed by atoms with E-state index in [0.29, 0.717) is 0 Å². The molecule has 82 valence electrons. The average Bonchev–Trinajstić information content (AvgIpc) is 2.15. The Hall–Kier alpha value is -0.960. The van der Waals surface area contributed by atoms with Gasteiger partial charge in [-0.2, -0.15) is 0 Å². The maximum absolute atomic E-state index is 4.62. The molecule has 0 aliphatic carbocycles. The monoisotopic (exact) mass is 205 g/mol. The second-order valence-corrected chi connectivity index (χ2v) is 5.22. The zero-order valence-corrected chi connectivity index (χ0v) is 10.0. The number of nitrogens with zero attached hydrogens (tertiary/aromatic N) is 2. The number of nitrogens with one attached hydrogen (secondary N) is 1. The van der Waals surface area contributed by atoms with E-state index >= 15 is 0 Å². The fraction of sp³-hybridized carbons (Fsp3) is 0.667. The lowest BCUT2D eigenvalue weighted by molar-refractivity contribution is 0.531. The minimum absolute atomic E-state index is 0.120. The first kappa shape index (κ1) is 10.6. The van der Waals surface area contributed by atoms with Gasteiger partial charge in [0.15, 0.2) is 0 Å². The smallest absolute Gasteiger partial charge is 0.125 e. The summed E-state index contributed by atoms with van der Waals surface area (Å²) in [7, 11) is 0. The van der Waals surface area contributed by atoms with E-state index in [2.05, 4.69) is 36.1 Å². The molecule has 0 fully saturated rings. The zero-order valence-electron chi connectivity index (χ0n) is 10.0. The molecule has 0 bridgehead atoms. The third-order valence-corrected chi connectivity index (χ3v) is 2.76. The van der Waals surface area contributed by atoms with E-state index in [1.807, 2.05) is 6.92 Å². The van der Waals surface area contributed by atoms with Crippen molar-refractivity contribution in [1.29, 1.82) is 0 Å². The number of hydrogen-bond acceptors (Lipinski definition) is 3. The van der Waals surface area contributed by atoms with Gasteiger partial charge < -0.3 is 5.32 Å². The third kappa shape index (κ3) is 2.02. The number of aryl methyl sites for hydroxylation is 1. The van der Waals surface area contributed by atoms with Gasteiger partial charge in [0.1, 0.15) is 5.82 Å². The first-order valence-corrected chi connectivity index (χ1v) is 5.56. The molecular weight excluding hydrogens is 186 g/mol. The predicted octanol–water partition coefficient (Wildman–Crippen LogP) is 1.73. The number of hydrogen-bond donors (Lipinski definition) is 1. The number of fused-ring (bicyclic) bond motifs is 1. The summed E-state index contributed by atoms with van der Waals surface area (Å²) in [6.45, 7) is 10.6. The summed E-state index contributed by atoms with van der Waals surface area (Å²) in [5, 5.41) is 3.36. The molecule has 2 rings (SSSR count). The molecule has 15 heavy (non-hydrogen) atoms. The highest BCUT2D eigenvalue weighted by molar-refractivity contribution is 5.32. The Labute approximate surface area is 91.3 Å². The van der Waals surface area contributed by atoms with Crippen molar-refractivity contribution in [2.45, 2.75) is 46.1 Å². The average molecular weight is 205 g/mol. The first-order valence-electron chi connectivity index (χ1n) is 5.56. The number of aromatic nitrogens is 2. The van der Waals surface area contributed by atoms with E-state index in [9.17, 15) is 0 Å². The second-order valence-electron chi connectivity index (χ2n) is 5.22. The lowest BCUT2D eigenvalue weighted by Gasteiger charge is -2.26. The van der Waals surface area contributed by atoms with Crippen LogP contribution < -0.4 is 5.32 Å². The predicted molar refractivity (Wildman–Crippen MR) is 60.9 cm³/mol. The molecule has 3 nitrogen and oxygen atoms in total. The standard InChI is InChI=1S/C12H19N3/c1-8-14-10-7-13-6-5-9(10)11(15-8)12(2,3)4/h13H,5-7H2,1-4H3. The Morgan fingerprint density at radius 1 is 1.20 bits per heavy atom. The van der Waals surface area contributed by atoms with Crippen molar-refractivity contribution in [3.63, 3.8) is 0 Å². The molecule has 1 aromatic heterocycles. The van der Waals surface area contributed by atoms with Crippen LogP contribution in [0.3, 0.4) is 0 Å². The van der Waals surface area contributed by atoms with Gasteiger partial charge >= 0.3 is 0 Å².